The maximum Gasteiger partial charge on any atom is 0.365 e. The van der Waals surface area contributed by atoms with Crippen LogP contribution in [0.25, 0.3) is 44.0 Å². The Morgan fingerprint density at radius 1 is 0.750 bits per heavy atom. The number of nitrogens with zero attached hydrogens (tertiary/aromatic N) is 3. The monoisotopic (exact) mass is 746 g/mol. The van der Waals surface area contributed by atoms with E-state index in [0.717, 1.165) is 40.1 Å². The van der Waals surface area contributed by atoms with Crippen molar-refractivity contribution in [1.29, 1.82) is 0 Å². The van der Waals surface area contributed by atoms with Crippen LogP contribution in [0.1, 0.15) is 90.8 Å². The summed E-state index contributed by atoms with van der Waals surface area (Å²) in [5.41, 5.74) is 4.82. The first kappa shape index (κ1) is 38.0. The fraction of sp³-hybridized carbons (Fsp3) is 0.261. The van der Waals surface area contributed by atoms with Crippen molar-refractivity contribution >= 4 is 50.1 Å². The van der Waals surface area contributed by atoms with Gasteiger partial charge >= 0.3 is 5.63 Å². The van der Waals surface area contributed by atoms with Crippen LogP contribution in [0.15, 0.2) is 119 Å². The predicted molar refractivity (Wildman–Crippen MR) is 223 cm³/mol. The molecule has 0 radical (unpaired) electrons. The van der Waals surface area contributed by atoms with Crippen LogP contribution in [0, 0.1) is 0 Å². The Bertz CT molecular complexity index is 2590. The van der Waals surface area contributed by atoms with Crippen LogP contribution in [0.2, 0.25) is 0 Å². The van der Waals surface area contributed by atoms with Crippen molar-refractivity contribution in [2.24, 2.45) is 0 Å². The highest BCUT2D eigenvalue weighted by Crippen LogP contribution is 2.33. The number of hydrogen-bond acceptors (Lipinski definition) is 8. The molecule has 0 aliphatic carbocycles. The molecule has 10 heteroatoms. The maximum atomic E-state index is 13.2. The highest BCUT2D eigenvalue weighted by Gasteiger charge is 2.20. The maximum absolute atomic E-state index is 13.2. The van der Waals surface area contributed by atoms with Gasteiger partial charge in [0, 0.05) is 36.1 Å². The Morgan fingerprint density at radius 2 is 1.41 bits per heavy atom. The van der Waals surface area contributed by atoms with Gasteiger partial charge in [0.1, 0.15) is 5.52 Å². The first-order chi connectivity index (χ1) is 27.2. The van der Waals surface area contributed by atoms with Crippen LogP contribution in [0.4, 0.5) is 5.69 Å². The highest BCUT2D eigenvalue weighted by molar-refractivity contribution is 6.15. The number of amides is 2. The fourth-order valence-corrected chi connectivity index (χ4v) is 7.34. The van der Waals surface area contributed by atoms with Crippen molar-refractivity contribution in [2.75, 3.05) is 18.4 Å². The van der Waals surface area contributed by atoms with Gasteiger partial charge in [-0.25, -0.2) is 19.7 Å². The number of rotatable bonds is 8. The third-order valence-electron chi connectivity index (χ3n) is 10.2. The zero-order chi connectivity index (χ0) is 39.2. The van der Waals surface area contributed by atoms with E-state index in [9.17, 15) is 14.4 Å². The van der Waals surface area contributed by atoms with E-state index in [2.05, 4.69) is 70.7 Å². The molecular weight excluding hydrogens is 701 g/mol. The second-order valence-corrected chi connectivity index (χ2v) is 14.7. The summed E-state index contributed by atoms with van der Waals surface area (Å²) < 4.78 is 5.46. The molecule has 284 valence electrons. The first-order valence-electron chi connectivity index (χ1n) is 19.3. The van der Waals surface area contributed by atoms with Gasteiger partial charge in [0.25, 0.3) is 11.8 Å². The number of anilines is 1. The third-order valence-corrected chi connectivity index (χ3v) is 10.2. The SMILES string of the molecule is CC(C)c1ccc(-c2nc3cccnc3c(=O)o2)c2ccccc12.CC(C)c1ccc(C(=O)Nc2cccnc2C(=O)NCC2CCCCN2)c2ccccc12. The van der Waals surface area contributed by atoms with Gasteiger partial charge in [0.15, 0.2) is 11.2 Å². The Morgan fingerprint density at radius 3 is 2.12 bits per heavy atom. The van der Waals surface area contributed by atoms with E-state index in [1.54, 1.807) is 36.7 Å². The molecule has 1 unspecified atom stereocenters. The summed E-state index contributed by atoms with van der Waals surface area (Å²) in [6.07, 6.45) is 6.52. The lowest BCUT2D eigenvalue weighted by molar-refractivity contribution is 0.0943. The van der Waals surface area contributed by atoms with Gasteiger partial charge in [-0.3, -0.25) is 9.59 Å². The Balaban J connectivity index is 0.000000178. The summed E-state index contributed by atoms with van der Waals surface area (Å²) in [5.74, 6) is 0.543. The number of aromatic nitrogens is 3. The predicted octanol–water partition coefficient (Wildman–Crippen LogP) is 9.01. The summed E-state index contributed by atoms with van der Waals surface area (Å²) in [4.78, 5) is 51.0. The quantitative estimate of drug-likeness (QED) is 0.140. The average molecular weight is 747 g/mol. The zero-order valence-electron chi connectivity index (χ0n) is 32.1. The molecule has 0 saturated carbocycles. The number of carbonyl (C=O) groups is 2. The van der Waals surface area contributed by atoms with Crippen LogP contribution >= 0.6 is 0 Å². The lowest BCUT2D eigenvalue weighted by Crippen LogP contribution is -2.43. The fourth-order valence-electron chi connectivity index (χ4n) is 7.34. The van der Waals surface area contributed by atoms with Crippen molar-refractivity contribution in [2.45, 2.75) is 64.8 Å². The number of fused-ring (bicyclic) bond motifs is 3. The van der Waals surface area contributed by atoms with Crippen molar-refractivity contribution in [3.05, 3.63) is 142 Å². The van der Waals surface area contributed by atoms with Gasteiger partial charge in [0.2, 0.25) is 5.89 Å². The summed E-state index contributed by atoms with van der Waals surface area (Å²) in [6, 6.07) is 31.2. The molecule has 1 aliphatic heterocycles. The van der Waals surface area contributed by atoms with E-state index in [1.807, 2.05) is 60.7 Å². The lowest BCUT2D eigenvalue weighted by atomic mass is 9.93. The van der Waals surface area contributed by atoms with Gasteiger partial charge in [-0.1, -0.05) is 94.8 Å². The number of piperidine rings is 1. The van der Waals surface area contributed by atoms with Crippen LogP contribution < -0.4 is 21.6 Å². The molecule has 2 amide bonds. The summed E-state index contributed by atoms with van der Waals surface area (Å²) >= 11 is 0. The number of nitrogens with one attached hydrogen (secondary N) is 3. The van der Waals surface area contributed by atoms with Crippen LogP contribution in [-0.2, 0) is 0 Å². The van der Waals surface area contributed by atoms with Gasteiger partial charge in [0.05, 0.1) is 5.69 Å². The molecule has 4 aromatic carbocycles. The number of pyridine rings is 2. The standard InChI is InChI=1S/C26H30N4O2.C20H16N2O2/c1-17(2)19-12-13-22(21-10-4-3-9-20(19)21)25(31)30-23-11-7-15-28-24(23)26(32)29-16-18-8-5-6-14-27-18;1-12(2)13-9-10-16(15-7-4-3-6-14(13)15)19-22-17-8-5-11-21-18(17)20(23)24-19/h3-4,7,9-13,15,17-18,27H,5-6,8,14,16H2,1-2H3,(H,29,32)(H,30,31);3-12H,1-2H3. The molecule has 0 bridgehead atoms. The Labute approximate surface area is 325 Å². The molecule has 1 aliphatic rings. The second-order valence-electron chi connectivity index (χ2n) is 14.7. The largest absolute Gasteiger partial charge is 0.402 e. The summed E-state index contributed by atoms with van der Waals surface area (Å²) in [5, 5.41) is 13.4. The van der Waals surface area contributed by atoms with E-state index < -0.39 is 5.63 Å². The minimum atomic E-state index is -0.465. The number of hydrogen-bond donors (Lipinski definition) is 3. The molecule has 3 N–H and O–H groups in total. The summed E-state index contributed by atoms with van der Waals surface area (Å²) in [6.45, 7) is 10.2. The van der Waals surface area contributed by atoms with Gasteiger partial charge < -0.3 is 20.4 Å². The van der Waals surface area contributed by atoms with Gasteiger partial charge in [-0.2, -0.15) is 0 Å². The van der Waals surface area contributed by atoms with E-state index in [4.69, 9.17) is 4.42 Å². The third kappa shape index (κ3) is 8.21. The molecule has 56 heavy (non-hydrogen) atoms. The van der Waals surface area contributed by atoms with Gasteiger partial charge in [-0.15, -0.1) is 0 Å². The lowest BCUT2D eigenvalue weighted by Gasteiger charge is -2.23. The van der Waals surface area contributed by atoms with E-state index >= 15 is 0 Å². The van der Waals surface area contributed by atoms with Crippen LogP contribution in [0.3, 0.4) is 0 Å². The molecule has 1 saturated heterocycles. The second kappa shape index (κ2) is 17.0. The molecular formula is C46H46N6O4. The highest BCUT2D eigenvalue weighted by atomic mass is 16.4. The van der Waals surface area contributed by atoms with Crippen molar-refractivity contribution in [3.63, 3.8) is 0 Å². The van der Waals surface area contributed by atoms with Crippen molar-refractivity contribution in [3.8, 4) is 11.5 Å². The molecule has 7 aromatic rings. The van der Waals surface area contributed by atoms with E-state index in [-0.39, 0.29) is 29.1 Å². The molecule has 0 spiro atoms. The van der Waals surface area contributed by atoms with Crippen LogP contribution in [-0.4, -0.2) is 45.9 Å². The summed E-state index contributed by atoms with van der Waals surface area (Å²) in [7, 11) is 0. The molecule has 10 nitrogen and oxygen atoms in total. The van der Waals surface area contributed by atoms with Crippen LogP contribution in [0.5, 0.6) is 0 Å². The zero-order valence-corrected chi connectivity index (χ0v) is 32.1. The number of benzene rings is 4. The normalized spacial score (nSPS) is 14.1. The Hall–Kier alpha value is -6.26. The minimum absolute atomic E-state index is 0.222. The van der Waals surface area contributed by atoms with E-state index in [1.165, 1.54) is 24.0 Å². The Kier molecular flexibility index (Phi) is 11.6. The molecule has 8 rings (SSSR count). The molecule has 4 heterocycles. The van der Waals surface area contributed by atoms with Gasteiger partial charge in [-0.05, 0) is 100 Å². The first-order valence-corrected chi connectivity index (χ1v) is 19.3. The van der Waals surface area contributed by atoms with Crippen molar-refractivity contribution < 1.29 is 14.0 Å². The topological polar surface area (TPSA) is 139 Å². The molecule has 3 aromatic heterocycles. The van der Waals surface area contributed by atoms with Crippen molar-refractivity contribution in [1.82, 2.24) is 25.6 Å². The minimum Gasteiger partial charge on any atom is -0.402 e. The smallest absolute Gasteiger partial charge is 0.365 e. The number of carbonyl (C=O) groups excluding carboxylic acids is 2. The molecule has 1 atom stereocenters. The van der Waals surface area contributed by atoms with E-state index in [0.29, 0.717) is 41.0 Å². The average Bonchev–Trinajstić information content (AvgIpc) is 3.22. The molecule has 1 fully saturated rings.